The van der Waals surface area contributed by atoms with Crippen molar-refractivity contribution in [1.29, 1.82) is 0 Å². The molecule has 0 radical (unpaired) electrons. The molecular weight excluding hydrogens is 359 g/mol. The Hall–Kier alpha value is -2.38. The van der Waals surface area contributed by atoms with E-state index in [2.05, 4.69) is 15.3 Å². The van der Waals surface area contributed by atoms with Crippen molar-refractivity contribution >= 4 is 23.3 Å². The number of nitrogens with two attached hydrogens (primary N) is 1. The maximum atomic E-state index is 15.1. The lowest BCUT2D eigenvalue weighted by molar-refractivity contribution is -0.118. The second-order valence-corrected chi connectivity index (χ2v) is 6.39. The van der Waals surface area contributed by atoms with Crippen molar-refractivity contribution in [2.24, 2.45) is 5.73 Å². The Labute approximate surface area is 156 Å². The first-order valence-electron chi connectivity index (χ1n) is 8.17. The Kier molecular flexibility index (Phi) is 6.76. The standard InChI is InChI=1S/C18H20ClFN4O2/c1-3-14(24-10(2)6-15(21)25)12-4-5-13(19)16(17(12)20)18(26)11-7-22-9-23-8-11/h4-5,7-10,14,24H,3,6H2,1-2H3,(H2,21,25)/t10-,14-/m1/s1. The molecule has 0 bridgehead atoms. The van der Waals surface area contributed by atoms with Crippen LogP contribution in [0.5, 0.6) is 0 Å². The van der Waals surface area contributed by atoms with E-state index in [1.54, 1.807) is 6.92 Å². The molecule has 26 heavy (non-hydrogen) atoms. The predicted octanol–water partition coefficient (Wildman–Crippen LogP) is 2.80. The third-order valence-corrected chi connectivity index (χ3v) is 4.26. The highest BCUT2D eigenvalue weighted by Crippen LogP contribution is 2.29. The van der Waals surface area contributed by atoms with E-state index in [0.717, 1.165) is 0 Å². The number of carbonyl (C=O) groups excluding carboxylic acids is 2. The summed E-state index contributed by atoms with van der Waals surface area (Å²) in [5, 5.41) is 3.17. The fourth-order valence-electron chi connectivity index (χ4n) is 2.74. The molecule has 2 atom stereocenters. The van der Waals surface area contributed by atoms with Gasteiger partial charge in [-0.15, -0.1) is 0 Å². The third kappa shape index (κ3) is 4.62. The van der Waals surface area contributed by atoms with Gasteiger partial charge in [-0.25, -0.2) is 14.4 Å². The molecule has 3 N–H and O–H groups in total. The minimum absolute atomic E-state index is 0.0140. The summed E-state index contributed by atoms with van der Waals surface area (Å²) in [6, 6.07) is 2.38. The Morgan fingerprint density at radius 2 is 1.96 bits per heavy atom. The van der Waals surface area contributed by atoms with E-state index in [9.17, 15) is 9.59 Å². The van der Waals surface area contributed by atoms with Crippen LogP contribution >= 0.6 is 11.6 Å². The summed E-state index contributed by atoms with van der Waals surface area (Å²) in [5.74, 6) is -1.73. The van der Waals surface area contributed by atoms with Crippen LogP contribution in [0.4, 0.5) is 4.39 Å². The number of aromatic nitrogens is 2. The number of nitrogens with zero attached hydrogens (tertiary/aromatic N) is 2. The Bertz CT molecular complexity index is 801. The highest BCUT2D eigenvalue weighted by Gasteiger charge is 2.25. The predicted molar refractivity (Wildman–Crippen MR) is 96.3 cm³/mol. The second-order valence-electron chi connectivity index (χ2n) is 5.98. The van der Waals surface area contributed by atoms with Crippen LogP contribution in [-0.4, -0.2) is 27.7 Å². The van der Waals surface area contributed by atoms with Crippen molar-refractivity contribution < 1.29 is 14.0 Å². The van der Waals surface area contributed by atoms with E-state index < -0.39 is 23.5 Å². The normalized spacial score (nSPS) is 13.2. The lowest BCUT2D eigenvalue weighted by Crippen LogP contribution is -2.34. The quantitative estimate of drug-likeness (QED) is 0.688. The van der Waals surface area contributed by atoms with Gasteiger partial charge in [0.15, 0.2) is 0 Å². The van der Waals surface area contributed by atoms with E-state index in [0.29, 0.717) is 12.0 Å². The molecular formula is C18H20ClFN4O2. The largest absolute Gasteiger partial charge is 0.370 e. The molecule has 0 saturated heterocycles. The van der Waals surface area contributed by atoms with Crippen LogP contribution in [0, 0.1) is 5.82 Å². The van der Waals surface area contributed by atoms with Crippen LogP contribution in [0.25, 0.3) is 0 Å². The van der Waals surface area contributed by atoms with Crippen LogP contribution in [-0.2, 0) is 4.79 Å². The van der Waals surface area contributed by atoms with E-state index >= 15 is 4.39 Å². The number of nitrogens with one attached hydrogen (secondary N) is 1. The van der Waals surface area contributed by atoms with Crippen LogP contribution < -0.4 is 11.1 Å². The van der Waals surface area contributed by atoms with Crippen molar-refractivity contribution in [3.63, 3.8) is 0 Å². The summed E-state index contributed by atoms with van der Waals surface area (Å²) in [6.07, 6.45) is 4.56. The summed E-state index contributed by atoms with van der Waals surface area (Å²) in [6.45, 7) is 3.66. The van der Waals surface area contributed by atoms with Gasteiger partial charge in [-0.2, -0.15) is 0 Å². The fraction of sp³-hybridized carbons (Fsp3) is 0.333. The Morgan fingerprint density at radius 3 is 2.54 bits per heavy atom. The molecule has 0 aliphatic rings. The van der Waals surface area contributed by atoms with Gasteiger partial charge in [0, 0.05) is 36.5 Å². The molecule has 1 heterocycles. The summed E-state index contributed by atoms with van der Waals surface area (Å²) in [5.41, 5.74) is 5.43. The monoisotopic (exact) mass is 378 g/mol. The first-order valence-corrected chi connectivity index (χ1v) is 8.54. The van der Waals surface area contributed by atoms with Crippen LogP contribution in [0.1, 0.15) is 54.2 Å². The average Bonchev–Trinajstić information content (AvgIpc) is 2.60. The number of hydrogen-bond donors (Lipinski definition) is 2. The molecule has 2 rings (SSSR count). The molecule has 0 saturated carbocycles. The van der Waals surface area contributed by atoms with Gasteiger partial charge in [-0.05, 0) is 19.4 Å². The van der Waals surface area contributed by atoms with Gasteiger partial charge >= 0.3 is 0 Å². The number of hydrogen-bond acceptors (Lipinski definition) is 5. The number of carbonyl (C=O) groups is 2. The highest BCUT2D eigenvalue weighted by atomic mass is 35.5. The fourth-order valence-corrected chi connectivity index (χ4v) is 2.97. The number of amides is 1. The van der Waals surface area contributed by atoms with E-state index in [1.807, 2.05) is 6.92 Å². The smallest absolute Gasteiger partial charge is 0.218 e. The lowest BCUT2D eigenvalue weighted by Gasteiger charge is -2.23. The molecule has 6 nitrogen and oxygen atoms in total. The van der Waals surface area contributed by atoms with Crippen molar-refractivity contribution in [2.45, 2.75) is 38.8 Å². The number of rotatable bonds is 8. The maximum absolute atomic E-state index is 15.1. The highest BCUT2D eigenvalue weighted by molar-refractivity contribution is 6.35. The summed E-state index contributed by atoms with van der Waals surface area (Å²) < 4.78 is 15.1. The van der Waals surface area contributed by atoms with Gasteiger partial charge in [0.1, 0.15) is 12.1 Å². The Balaban J connectivity index is 2.38. The van der Waals surface area contributed by atoms with Crippen LogP contribution in [0.3, 0.4) is 0 Å². The Morgan fingerprint density at radius 1 is 1.31 bits per heavy atom. The minimum atomic E-state index is -0.697. The molecule has 0 aliphatic heterocycles. The number of benzene rings is 1. The van der Waals surface area contributed by atoms with Crippen LogP contribution in [0.15, 0.2) is 30.9 Å². The van der Waals surface area contributed by atoms with Crippen molar-refractivity contribution in [3.05, 3.63) is 58.4 Å². The van der Waals surface area contributed by atoms with Gasteiger partial charge < -0.3 is 11.1 Å². The lowest BCUT2D eigenvalue weighted by atomic mass is 9.96. The molecule has 138 valence electrons. The molecule has 1 aromatic heterocycles. The van der Waals surface area contributed by atoms with Crippen molar-refractivity contribution in [3.8, 4) is 0 Å². The summed E-state index contributed by atoms with van der Waals surface area (Å²) >= 11 is 6.09. The molecule has 0 aliphatic carbocycles. The van der Waals surface area contributed by atoms with E-state index in [1.165, 1.54) is 30.9 Å². The molecule has 0 unspecified atom stereocenters. The van der Waals surface area contributed by atoms with E-state index in [-0.39, 0.29) is 28.6 Å². The first-order chi connectivity index (χ1) is 12.3. The molecule has 8 heteroatoms. The third-order valence-electron chi connectivity index (χ3n) is 3.95. The van der Waals surface area contributed by atoms with Gasteiger partial charge in [0.2, 0.25) is 11.7 Å². The zero-order valence-electron chi connectivity index (χ0n) is 14.5. The minimum Gasteiger partial charge on any atom is -0.370 e. The molecule has 1 aromatic carbocycles. The topological polar surface area (TPSA) is 98.0 Å². The average molecular weight is 379 g/mol. The number of halogens is 2. The number of primary amides is 1. The van der Waals surface area contributed by atoms with Crippen molar-refractivity contribution in [2.75, 3.05) is 0 Å². The molecule has 1 amide bonds. The molecule has 2 aromatic rings. The molecule has 0 spiro atoms. The van der Waals surface area contributed by atoms with Crippen LogP contribution in [0.2, 0.25) is 5.02 Å². The van der Waals surface area contributed by atoms with Gasteiger partial charge in [0.25, 0.3) is 0 Å². The van der Waals surface area contributed by atoms with Gasteiger partial charge in [0.05, 0.1) is 16.1 Å². The summed E-state index contributed by atoms with van der Waals surface area (Å²) in [7, 11) is 0. The maximum Gasteiger partial charge on any atom is 0.218 e. The van der Waals surface area contributed by atoms with Crippen molar-refractivity contribution in [1.82, 2.24) is 15.3 Å². The van der Waals surface area contributed by atoms with Gasteiger partial charge in [-0.1, -0.05) is 24.6 Å². The number of ketones is 1. The summed E-state index contributed by atoms with van der Waals surface area (Å²) in [4.78, 5) is 31.3. The zero-order chi connectivity index (χ0) is 19.3. The molecule has 0 fully saturated rings. The first kappa shape index (κ1) is 19.9. The zero-order valence-corrected chi connectivity index (χ0v) is 15.3. The van der Waals surface area contributed by atoms with E-state index in [4.69, 9.17) is 17.3 Å². The second kappa shape index (κ2) is 8.82. The SMILES string of the molecule is CC[C@@H](N[C@H](C)CC(N)=O)c1ccc(Cl)c(C(=O)c2cncnc2)c1F. The van der Waals surface area contributed by atoms with Gasteiger partial charge in [-0.3, -0.25) is 9.59 Å².